The Morgan fingerprint density at radius 1 is 1.09 bits per heavy atom. The summed E-state index contributed by atoms with van der Waals surface area (Å²) in [4.78, 5) is 38.8. The van der Waals surface area contributed by atoms with Crippen molar-refractivity contribution in [2.75, 3.05) is 12.0 Å². The molecule has 1 fully saturated rings. The summed E-state index contributed by atoms with van der Waals surface area (Å²) in [5.41, 5.74) is 1.38. The minimum Gasteiger partial charge on any atom is -0.495 e. The van der Waals surface area contributed by atoms with Crippen molar-refractivity contribution in [3.05, 3.63) is 88.5 Å². The number of anilines is 1. The lowest BCUT2D eigenvalue weighted by molar-refractivity contribution is -0.122. The van der Waals surface area contributed by atoms with E-state index >= 15 is 0 Å². The SMILES string of the molecule is COc1ccc(N2C(=O)NC(=O)/C(=C\c3cccn3Cc3ccc(F)cc3)C2=O)cc1Cl. The largest absolute Gasteiger partial charge is 0.495 e. The van der Waals surface area contributed by atoms with Crippen molar-refractivity contribution in [3.8, 4) is 5.75 Å². The normalized spacial score (nSPS) is 15.3. The van der Waals surface area contributed by atoms with Gasteiger partial charge in [-0.25, -0.2) is 14.1 Å². The zero-order valence-electron chi connectivity index (χ0n) is 16.8. The first-order valence-electron chi connectivity index (χ1n) is 9.52. The lowest BCUT2D eigenvalue weighted by Gasteiger charge is -2.26. The van der Waals surface area contributed by atoms with Gasteiger partial charge in [-0.05, 0) is 54.1 Å². The molecule has 0 aliphatic carbocycles. The number of nitrogens with zero attached hydrogens (tertiary/aromatic N) is 2. The van der Waals surface area contributed by atoms with E-state index in [1.807, 2.05) is 0 Å². The van der Waals surface area contributed by atoms with Crippen molar-refractivity contribution < 1.29 is 23.5 Å². The first kappa shape index (κ1) is 21.3. The fourth-order valence-electron chi connectivity index (χ4n) is 3.32. The second kappa shape index (κ2) is 8.68. The highest BCUT2D eigenvalue weighted by atomic mass is 35.5. The standard InChI is InChI=1S/C23H17ClFN3O4/c1-32-20-9-8-17(12-19(20)24)28-22(30)18(21(29)26-23(28)31)11-16-3-2-10-27(16)13-14-4-6-15(25)7-5-14/h2-12H,13H2,1H3,(H,26,29,31)/b18-11+. The van der Waals surface area contributed by atoms with Crippen LogP contribution in [0, 0.1) is 5.82 Å². The van der Waals surface area contributed by atoms with E-state index in [0.717, 1.165) is 10.5 Å². The van der Waals surface area contributed by atoms with Gasteiger partial charge in [0.25, 0.3) is 11.8 Å². The number of halogens is 2. The number of hydrogen-bond donors (Lipinski definition) is 1. The van der Waals surface area contributed by atoms with E-state index in [2.05, 4.69) is 5.32 Å². The summed E-state index contributed by atoms with van der Waals surface area (Å²) in [5.74, 6) is -1.54. The number of aromatic nitrogens is 1. The maximum absolute atomic E-state index is 13.2. The Morgan fingerprint density at radius 2 is 1.84 bits per heavy atom. The number of carbonyl (C=O) groups excluding carboxylic acids is 3. The van der Waals surface area contributed by atoms with Crippen LogP contribution < -0.4 is 15.0 Å². The number of carbonyl (C=O) groups is 3. The quantitative estimate of drug-likeness (QED) is 0.467. The van der Waals surface area contributed by atoms with E-state index in [9.17, 15) is 18.8 Å². The van der Waals surface area contributed by atoms with E-state index in [1.54, 1.807) is 35.0 Å². The van der Waals surface area contributed by atoms with Crippen molar-refractivity contribution in [3.63, 3.8) is 0 Å². The fourth-order valence-corrected chi connectivity index (χ4v) is 3.57. The predicted octanol–water partition coefficient (Wildman–Crippen LogP) is 4.00. The van der Waals surface area contributed by atoms with Crippen molar-refractivity contribution in [1.29, 1.82) is 0 Å². The number of methoxy groups -OCH3 is 1. The minimum absolute atomic E-state index is 0.193. The molecule has 2 heterocycles. The number of nitrogens with one attached hydrogen (secondary N) is 1. The van der Waals surface area contributed by atoms with Gasteiger partial charge in [-0.3, -0.25) is 14.9 Å². The van der Waals surface area contributed by atoms with Crippen LogP contribution in [0.1, 0.15) is 11.3 Å². The van der Waals surface area contributed by atoms with Gasteiger partial charge in [-0.1, -0.05) is 23.7 Å². The number of ether oxygens (including phenoxy) is 1. The number of amides is 4. The summed E-state index contributed by atoms with van der Waals surface area (Å²) in [6.45, 7) is 0.402. The molecular weight excluding hydrogens is 437 g/mol. The number of rotatable bonds is 5. The average molecular weight is 454 g/mol. The van der Waals surface area contributed by atoms with Crippen molar-refractivity contribution in [2.24, 2.45) is 0 Å². The molecule has 9 heteroatoms. The van der Waals surface area contributed by atoms with Crippen LogP contribution in [-0.4, -0.2) is 29.5 Å². The van der Waals surface area contributed by atoms with Crippen LogP contribution >= 0.6 is 11.6 Å². The Balaban J connectivity index is 1.66. The predicted molar refractivity (Wildman–Crippen MR) is 117 cm³/mol. The third kappa shape index (κ3) is 4.13. The van der Waals surface area contributed by atoms with Gasteiger partial charge < -0.3 is 9.30 Å². The van der Waals surface area contributed by atoms with Gasteiger partial charge in [0.1, 0.15) is 17.1 Å². The highest BCUT2D eigenvalue weighted by Crippen LogP contribution is 2.31. The van der Waals surface area contributed by atoms with Crippen LogP contribution in [0.25, 0.3) is 6.08 Å². The summed E-state index contributed by atoms with van der Waals surface area (Å²) >= 11 is 6.13. The summed E-state index contributed by atoms with van der Waals surface area (Å²) in [6, 6.07) is 13.0. The lowest BCUT2D eigenvalue weighted by atomic mass is 10.1. The average Bonchev–Trinajstić information content (AvgIpc) is 3.19. The van der Waals surface area contributed by atoms with Crippen molar-refractivity contribution >= 4 is 41.2 Å². The molecule has 3 aromatic rings. The Bertz CT molecular complexity index is 1250. The molecule has 32 heavy (non-hydrogen) atoms. The second-order valence-corrected chi connectivity index (χ2v) is 7.37. The summed E-state index contributed by atoms with van der Waals surface area (Å²) in [6.07, 6.45) is 3.18. The van der Waals surface area contributed by atoms with Gasteiger partial charge in [0, 0.05) is 18.4 Å². The highest BCUT2D eigenvalue weighted by Gasteiger charge is 2.37. The minimum atomic E-state index is -0.875. The molecule has 4 amide bonds. The summed E-state index contributed by atoms with van der Waals surface area (Å²) < 4.78 is 20.1. The fraction of sp³-hybridized carbons (Fsp3) is 0.0870. The molecule has 1 saturated heterocycles. The molecule has 0 bridgehead atoms. The molecule has 1 aliphatic heterocycles. The molecule has 0 radical (unpaired) electrons. The van der Waals surface area contributed by atoms with E-state index in [-0.39, 0.29) is 22.1 Å². The van der Waals surface area contributed by atoms with Gasteiger partial charge in [0.2, 0.25) is 0 Å². The third-order valence-electron chi connectivity index (χ3n) is 4.92. The molecule has 7 nitrogen and oxygen atoms in total. The molecule has 2 aromatic carbocycles. The smallest absolute Gasteiger partial charge is 0.335 e. The lowest BCUT2D eigenvalue weighted by Crippen LogP contribution is -2.54. The monoisotopic (exact) mass is 453 g/mol. The highest BCUT2D eigenvalue weighted by molar-refractivity contribution is 6.39. The Labute approximate surface area is 187 Å². The van der Waals surface area contributed by atoms with Crippen LogP contribution in [-0.2, 0) is 16.1 Å². The molecule has 0 saturated carbocycles. The molecule has 1 N–H and O–H groups in total. The van der Waals surface area contributed by atoms with Crippen LogP contribution in [0.15, 0.2) is 66.4 Å². The molecule has 0 spiro atoms. The number of urea groups is 1. The topological polar surface area (TPSA) is 80.6 Å². The van der Waals surface area contributed by atoms with Gasteiger partial charge in [-0.2, -0.15) is 0 Å². The van der Waals surface area contributed by atoms with Gasteiger partial charge in [-0.15, -0.1) is 0 Å². The van der Waals surface area contributed by atoms with E-state index in [4.69, 9.17) is 16.3 Å². The summed E-state index contributed by atoms with van der Waals surface area (Å²) in [5, 5.41) is 2.39. The number of benzene rings is 2. The van der Waals surface area contributed by atoms with Gasteiger partial charge in [0.15, 0.2) is 0 Å². The maximum atomic E-state index is 13.2. The Hall–Kier alpha value is -3.91. The molecule has 1 aromatic heterocycles. The summed E-state index contributed by atoms with van der Waals surface area (Å²) in [7, 11) is 1.44. The molecule has 0 atom stereocenters. The zero-order valence-corrected chi connectivity index (χ0v) is 17.6. The molecule has 162 valence electrons. The second-order valence-electron chi connectivity index (χ2n) is 6.96. The van der Waals surface area contributed by atoms with Crippen LogP contribution in [0.2, 0.25) is 5.02 Å². The van der Waals surface area contributed by atoms with Crippen LogP contribution in [0.5, 0.6) is 5.75 Å². The maximum Gasteiger partial charge on any atom is 0.335 e. The zero-order chi connectivity index (χ0) is 22.8. The van der Waals surface area contributed by atoms with Crippen molar-refractivity contribution in [2.45, 2.75) is 6.54 Å². The van der Waals surface area contributed by atoms with E-state index in [0.29, 0.717) is 18.0 Å². The Kier molecular flexibility index (Phi) is 5.79. The first-order chi connectivity index (χ1) is 15.4. The third-order valence-corrected chi connectivity index (χ3v) is 5.21. The van der Waals surface area contributed by atoms with E-state index in [1.165, 1.54) is 43.5 Å². The number of imide groups is 2. The van der Waals surface area contributed by atoms with Crippen molar-refractivity contribution in [1.82, 2.24) is 9.88 Å². The van der Waals surface area contributed by atoms with E-state index < -0.39 is 17.8 Å². The number of hydrogen-bond acceptors (Lipinski definition) is 4. The van der Waals surface area contributed by atoms with Gasteiger partial charge in [0.05, 0.1) is 17.8 Å². The van der Waals surface area contributed by atoms with Crippen LogP contribution in [0.4, 0.5) is 14.9 Å². The Morgan fingerprint density at radius 3 is 2.53 bits per heavy atom. The van der Waals surface area contributed by atoms with Gasteiger partial charge >= 0.3 is 6.03 Å². The molecule has 4 rings (SSSR count). The van der Waals surface area contributed by atoms with Crippen LogP contribution in [0.3, 0.4) is 0 Å². The number of barbiturate groups is 1. The molecular formula is C23H17ClFN3O4. The first-order valence-corrected chi connectivity index (χ1v) is 9.90. The molecule has 1 aliphatic rings. The molecule has 0 unspecified atom stereocenters.